The lowest BCUT2D eigenvalue weighted by Crippen LogP contribution is -2.54. The van der Waals surface area contributed by atoms with Gasteiger partial charge in [-0.1, -0.05) is 80.9 Å². The molecular formula is C65H77N11O12. The summed E-state index contributed by atoms with van der Waals surface area (Å²) in [4.78, 5) is 109. The van der Waals surface area contributed by atoms with Crippen LogP contribution in [0.3, 0.4) is 0 Å². The highest BCUT2D eigenvalue weighted by atomic mass is 16.6. The van der Waals surface area contributed by atoms with Gasteiger partial charge in [-0.2, -0.15) is 0 Å². The minimum Gasteiger partial charge on any atom is -0.493 e. The molecule has 0 saturated carbocycles. The molecule has 0 unspecified atom stereocenters. The van der Waals surface area contributed by atoms with Crippen LogP contribution in [0.5, 0.6) is 23.0 Å². The molecule has 23 heteroatoms. The van der Waals surface area contributed by atoms with E-state index in [1.54, 1.807) is 74.8 Å². The van der Waals surface area contributed by atoms with Crippen LogP contribution in [0, 0.1) is 5.92 Å². The summed E-state index contributed by atoms with van der Waals surface area (Å²) in [6.07, 6.45) is 6.98. The van der Waals surface area contributed by atoms with Gasteiger partial charge >= 0.3 is 12.1 Å². The van der Waals surface area contributed by atoms with Gasteiger partial charge in [-0.15, -0.1) is 0 Å². The summed E-state index contributed by atoms with van der Waals surface area (Å²) in [5.41, 5.74) is 17.9. The molecule has 0 bridgehead atoms. The van der Waals surface area contributed by atoms with Gasteiger partial charge in [0.25, 0.3) is 11.8 Å². The largest absolute Gasteiger partial charge is 0.493 e. The fourth-order valence-electron chi connectivity index (χ4n) is 11.1. The minimum absolute atomic E-state index is 0.000735. The van der Waals surface area contributed by atoms with Gasteiger partial charge in [0.15, 0.2) is 23.0 Å². The third kappa shape index (κ3) is 15.7. The number of methoxy groups -OCH3 is 2. The topological polar surface area (TPSA) is 300 Å². The molecule has 0 aromatic heterocycles. The number of hydrogen-bond acceptors (Lipinski definition) is 15. The maximum atomic E-state index is 14.2. The summed E-state index contributed by atoms with van der Waals surface area (Å²) < 4.78 is 30.0. The Morgan fingerprint density at radius 1 is 0.670 bits per heavy atom. The number of carbonyl (C=O) groups is 7. The first-order valence-electron chi connectivity index (χ1n) is 29.8. The van der Waals surface area contributed by atoms with E-state index in [-0.39, 0.29) is 88.0 Å². The molecule has 5 aromatic carbocycles. The minimum atomic E-state index is -1.06. The second-order valence-electron chi connectivity index (χ2n) is 22.4. The van der Waals surface area contributed by atoms with Crippen molar-refractivity contribution in [3.05, 3.63) is 136 Å². The third-order valence-electron chi connectivity index (χ3n) is 15.9. The number of urea groups is 1. The SMILES string of the molecule is COc1cc2c(cc1OCCN(CCOc1cc3c(cc1OC)C(=O)N1Cc4ccccc4C[C@H]1C=N3)C(=O)OCc1ccc(NC(=O)[C@H](CCCNC(N)=O)NC(=O)[C@@H](NC(=O)CCCCCN)C(C)C)cc1)N=C[C@@H]1Cc3ccccc3CN1C2=O. The van der Waals surface area contributed by atoms with Crippen molar-refractivity contribution in [1.82, 2.24) is 30.7 Å². The molecule has 5 aromatic rings. The Kier molecular flexibility index (Phi) is 21.3. The van der Waals surface area contributed by atoms with Crippen molar-refractivity contribution in [1.29, 1.82) is 0 Å². The van der Waals surface area contributed by atoms with Crippen molar-refractivity contribution in [2.75, 3.05) is 58.9 Å². The quantitative estimate of drug-likeness (QED) is 0.0292. The average molecular weight is 1200 g/mol. The molecule has 4 atom stereocenters. The number of hydrogen-bond donors (Lipinski definition) is 6. The average Bonchev–Trinajstić information content (AvgIpc) is 2.06. The Bertz CT molecular complexity index is 3280. The number of rotatable bonds is 27. The number of carbonyl (C=O) groups excluding carboxylic acids is 7. The van der Waals surface area contributed by atoms with Gasteiger partial charge in [-0.3, -0.25) is 34.0 Å². The molecule has 23 nitrogen and oxygen atoms in total. The number of amides is 8. The number of aliphatic imine (C=N–C) groups is 2. The molecule has 0 radical (unpaired) electrons. The fourth-order valence-corrected chi connectivity index (χ4v) is 11.1. The molecule has 8 amide bonds. The molecule has 0 spiro atoms. The summed E-state index contributed by atoms with van der Waals surface area (Å²) in [5.74, 6) is -0.814. The Morgan fingerprint density at radius 3 is 1.73 bits per heavy atom. The lowest BCUT2D eigenvalue weighted by atomic mass is 9.94. The standard InChI is InChI=1S/C65H77N11O12/c1-40(2)59(73-58(77)18-6-5-11-23-66)61(79)72-51(17-12-24-68-64(67)82)60(78)71-46-21-19-41(20-22-46)39-88-65(83)74(25-27-86-56-33-52-49(31-54(56)84-3)62(80)75-37-44-15-9-7-13-42(44)29-47(75)35-69-52)26-28-87-57-34-53-50(32-55(57)85-4)63(81)76-38-45-16-10-8-14-43(45)30-48(76)36-70-53/h7-10,13-16,19-22,31-36,40,47-48,51,59H,5-6,11-12,17-18,23-30,37-39,66H2,1-4H3,(H,71,78)(H,72,79)(H,73,77)(H3,67,68,82)/t47-,48-,51-,59-/m0/s1. The molecule has 0 aliphatic carbocycles. The first kappa shape index (κ1) is 63.0. The lowest BCUT2D eigenvalue weighted by Gasteiger charge is -2.34. The molecule has 0 fully saturated rings. The molecule has 4 aliphatic rings. The molecular weight excluding hydrogens is 1130 g/mol. The number of unbranched alkanes of at least 4 members (excludes halogenated alkanes) is 2. The van der Waals surface area contributed by atoms with Crippen LogP contribution >= 0.6 is 0 Å². The third-order valence-corrected chi connectivity index (χ3v) is 15.9. The number of nitrogens with zero attached hydrogens (tertiary/aromatic N) is 5. The number of ether oxygens (including phenoxy) is 5. The van der Waals surface area contributed by atoms with Crippen molar-refractivity contribution in [3.63, 3.8) is 0 Å². The monoisotopic (exact) mass is 1200 g/mol. The number of anilines is 1. The number of nitrogens with one attached hydrogen (secondary N) is 4. The zero-order chi connectivity index (χ0) is 62.3. The first-order valence-corrected chi connectivity index (χ1v) is 29.8. The summed E-state index contributed by atoms with van der Waals surface area (Å²) in [6.45, 7) is 4.88. The van der Waals surface area contributed by atoms with E-state index in [0.717, 1.165) is 24.0 Å². The number of primary amides is 1. The van der Waals surface area contributed by atoms with Gasteiger partial charge in [-0.05, 0) is 103 Å². The Hall–Kier alpha value is -9.51. The zero-order valence-corrected chi connectivity index (χ0v) is 50.1. The maximum Gasteiger partial charge on any atom is 0.410 e. The highest BCUT2D eigenvalue weighted by Gasteiger charge is 2.36. The fraction of sp³-hybridized carbons (Fsp3) is 0.400. The second-order valence-corrected chi connectivity index (χ2v) is 22.4. The number of benzene rings is 5. The van der Waals surface area contributed by atoms with Crippen LogP contribution < -0.4 is 51.7 Å². The van der Waals surface area contributed by atoms with E-state index in [4.69, 9.17) is 45.1 Å². The van der Waals surface area contributed by atoms with E-state index in [1.807, 2.05) is 46.2 Å². The highest BCUT2D eigenvalue weighted by Crippen LogP contribution is 2.40. The molecule has 464 valence electrons. The van der Waals surface area contributed by atoms with Crippen LogP contribution in [0.15, 0.2) is 107 Å². The lowest BCUT2D eigenvalue weighted by molar-refractivity contribution is -0.132. The van der Waals surface area contributed by atoms with Crippen LogP contribution in [0.2, 0.25) is 0 Å². The normalized spacial score (nSPS) is 15.9. The van der Waals surface area contributed by atoms with Crippen molar-refractivity contribution in [2.24, 2.45) is 27.4 Å². The Balaban J connectivity index is 0.873. The van der Waals surface area contributed by atoms with Gasteiger partial charge in [0, 0.05) is 56.3 Å². The van der Waals surface area contributed by atoms with E-state index in [0.29, 0.717) is 102 Å². The first-order chi connectivity index (χ1) is 42.6. The van der Waals surface area contributed by atoms with E-state index < -0.39 is 36.0 Å². The highest BCUT2D eigenvalue weighted by molar-refractivity contribution is 6.05. The Labute approximate surface area is 511 Å². The summed E-state index contributed by atoms with van der Waals surface area (Å²) in [5, 5.41) is 10.9. The summed E-state index contributed by atoms with van der Waals surface area (Å²) in [6, 6.07) is 26.1. The van der Waals surface area contributed by atoms with E-state index in [1.165, 1.54) is 30.2 Å². The molecule has 4 aliphatic heterocycles. The van der Waals surface area contributed by atoms with E-state index in [2.05, 4.69) is 33.4 Å². The van der Waals surface area contributed by atoms with Crippen molar-refractivity contribution in [2.45, 2.75) is 109 Å². The molecule has 9 rings (SSSR count). The van der Waals surface area contributed by atoms with Crippen molar-refractivity contribution in [3.8, 4) is 23.0 Å². The smallest absolute Gasteiger partial charge is 0.410 e. The van der Waals surface area contributed by atoms with Gasteiger partial charge in [0.1, 0.15) is 31.9 Å². The van der Waals surface area contributed by atoms with Crippen LogP contribution in [-0.2, 0) is 51.7 Å². The predicted molar refractivity (Wildman–Crippen MR) is 331 cm³/mol. The second kappa shape index (κ2) is 29.7. The van der Waals surface area contributed by atoms with Crippen LogP contribution in [-0.4, -0.2) is 147 Å². The molecule has 8 N–H and O–H groups in total. The van der Waals surface area contributed by atoms with Crippen molar-refractivity contribution < 1.29 is 57.2 Å². The zero-order valence-electron chi connectivity index (χ0n) is 50.1. The van der Waals surface area contributed by atoms with Crippen LogP contribution in [0.25, 0.3) is 0 Å². The van der Waals surface area contributed by atoms with Gasteiger partial charge in [-0.25, -0.2) is 9.59 Å². The van der Waals surface area contributed by atoms with E-state index in [9.17, 15) is 33.6 Å². The van der Waals surface area contributed by atoms with Gasteiger partial charge < -0.3 is 71.1 Å². The number of nitrogens with two attached hydrogens (primary N) is 2. The molecule has 88 heavy (non-hydrogen) atoms. The maximum absolute atomic E-state index is 14.2. The van der Waals surface area contributed by atoms with Crippen LogP contribution in [0.4, 0.5) is 26.7 Å². The molecule has 0 saturated heterocycles. The van der Waals surface area contributed by atoms with Crippen molar-refractivity contribution >= 4 is 71.2 Å². The molecule has 4 heterocycles. The number of fused-ring (bicyclic) bond motifs is 6. The summed E-state index contributed by atoms with van der Waals surface area (Å²) in [7, 11) is 2.96. The predicted octanol–water partition coefficient (Wildman–Crippen LogP) is 6.90. The van der Waals surface area contributed by atoms with E-state index >= 15 is 0 Å². The van der Waals surface area contributed by atoms with Gasteiger partial charge in [0.2, 0.25) is 17.7 Å². The van der Waals surface area contributed by atoms with Crippen LogP contribution in [0.1, 0.15) is 101 Å². The summed E-state index contributed by atoms with van der Waals surface area (Å²) >= 11 is 0. The van der Waals surface area contributed by atoms with Gasteiger partial charge in [0.05, 0.1) is 61.9 Å². The Morgan fingerprint density at radius 2 is 1.22 bits per heavy atom.